The number of hydrogen-bond donors (Lipinski definition) is 0. The Hall–Kier alpha value is -1.73. The molecule has 4 nitrogen and oxygen atoms in total. The van der Waals surface area contributed by atoms with Gasteiger partial charge in [-0.05, 0) is 24.3 Å². The molecule has 0 aliphatic rings. The van der Waals surface area contributed by atoms with E-state index in [0.29, 0.717) is 11.3 Å². The smallest absolute Gasteiger partial charge is 0.433 e. The molecule has 0 amide bonds. The maximum atomic E-state index is 11.0. The number of nitriles is 1. The van der Waals surface area contributed by atoms with Crippen LogP contribution in [0.5, 0.6) is 5.75 Å². The van der Waals surface area contributed by atoms with E-state index < -0.39 is 6.16 Å². The van der Waals surface area contributed by atoms with Crippen molar-refractivity contribution < 1.29 is 14.3 Å². The lowest BCUT2D eigenvalue weighted by atomic mass is 10.2. The fraction of sp³-hybridized carbons (Fsp3) is 0.200. The van der Waals surface area contributed by atoms with Gasteiger partial charge >= 0.3 is 6.16 Å². The molecule has 0 saturated carbocycles. The Balaban J connectivity index is 2.50. The van der Waals surface area contributed by atoms with Gasteiger partial charge < -0.3 is 9.47 Å². The van der Waals surface area contributed by atoms with Gasteiger partial charge in [0, 0.05) is 0 Å². The molecule has 0 fully saturated rings. The Labute approximate surface area is 92.0 Å². The van der Waals surface area contributed by atoms with Gasteiger partial charge in [-0.1, -0.05) is 0 Å². The lowest BCUT2D eigenvalue weighted by Crippen LogP contribution is -2.11. The fourth-order valence-electron chi connectivity index (χ4n) is 0.845. The first-order chi connectivity index (χ1) is 7.26. The lowest BCUT2D eigenvalue weighted by Gasteiger charge is -2.03. The van der Waals surface area contributed by atoms with Crippen molar-refractivity contribution in [1.29, 1.82) is 5.26 Å². The van der Waals surface area contributed by atoms with Gasteiger partial charge in [-0.25, -0.2) is 4.79 Å². The van der Waals surface area contributed by atoms with E-state index in [-0.39, 0.29) is 12.5 Å². The van der Waals surface area contributed by atoms with Crippen molar-refractivity contribution in [3.63, 3.8) is 0 Å². The van der Waals surface area contributed by atoms with Crippen LogP contribution in [0.1, 0.15) is 5.56 Å². The molecule has 0 heterocycles. The summed E-state index contributed by atoms with van der Waals surface area (Å²) in [6.07, 6.45) is -0.805. The van der Waals surface area contributed by atoms with Gasteiger partial charge in [0.2, 0.25) is 0 Å². The number of ether oxygens (including phenoxy) is 2. The second kappa shape index (κ2) is 5.89. The number of alkyl halides is 1. The second-order valence-electron chi connectivity index (χ2n) is 2.53. The summed E-state index contributed by atoms with van der Waals surface area (Å²) in [7, 11) is 0. The lowest BCUT2D eigenvalue weighted by molar-refractivity contribution is 0.105. The third-order valence-electron chi connectivity index (χ3n) is 1.48. The molecule has 0 aliphatic carbocycles. The minimum absolute atomic E-state index is 0.108. The summed E-state index contributed by atoms with van der Waals surface area (Å²) >= 11 is 5.32. The molecule has 0 N–H and O–H groups in total. The zero-order valence-corrected chi connectivity index (χ0v) is 8.53. The number of carbonyl (C=O) groups excluding carboxylic acids is 1. The topological polar surface area (TPSA) is 59.3 Å². The van der Waals surface area contributed by atoms with E-state index in [1.54, 1.807) is 12.1 Å². The van der Waals surface area contributed by atoms with E-state index >= 15 is 0 Å². The monoisotopic (exact) mass is 225 g/mol. The average Bonchev–Trinajstić information content (AvgIpc) is 2.27. The van der Waals surface area contributed by atoms with E-state index in [9.17, 15) is 4.79 Å². The third kappa shape index (κ3) is 3.88. The number of carbonyl (C=O) groups is 1. The van der Waals surface area contributed by atoms with Gasteiger partial charge in [0.1, 0.15) is 12.4 Å². The summed E-state index contributed by atoms with van der Waals surface area (Å²) in [5.41, 5.74) is 0.497. The van der Waals surface area contributed by atoms with Crippen LogP contribution in [0.25, 0.3) is 0 Å². The molecule has 5 heteroatoms. The molecule has 1 aromatic carbocycles. The molecule has 15 heavy (non-hydrogen) atoms. The van der Waals surface area contributed by atoms with Crippen LogP contribution in [-0.4, -0.2) is 18.6 Å². The van der Waals surface area contributed by atoms with Crippen molar-refractivity contribution in [2.75, 3.05) is 12.5 Å². The van der Waals surface area contributed by atoms with Gasteiger partial charge in [0.15, 0.2) is 0 Å². The van der Waals surface area contributed by atoms with Crippen LogP contribution >= 0.6 is 11.6 Å². The second-order valence-corrected chi connectivity index (χ2v) is 2.90. The molecule has 0 atom stereocenters. The van der Waals surface area contributed by atoms with E-state index in [1.165, 1.54) is 12.1 Å². The molecule has 0 unspecified atom stereocenters. The summed E-state index contributed by atoms with van der Waals surface area (Å²) in [6.45, 7) is 0.108. The summed E-state index contributed by atoms with van der Waals surface area (Å²) < 4.78 is 9.38. The summed E-state index contributed by atoms with van der Waals surface area (Å²) in [5, 5.41) is 8.53. The van der Waals surface area contributed by atoms with Crippen LogP contribution in [0.2, 0.25) is 0 Å². The number of nitrogens with zero attached hydrogens (tertiary/aromatic N) is 1. The van der Waals surface area contributed by atoms with Gasteiger partial charge in [0.25, 0.3) is 0 Å². The Morgan fingerprint density at radius 1 is 1.40 bits per heavy atom. The molecule has 0 spiro atoms. The minimum Gasteiger partial charge on any atom is -0.433 e. The SMILES string of the molecule is N#Cc1ccc(OC(=O)OCCCl)cc1. The van der Waals surface area contributed by atoms with Crippen molar-refractivity contribution >= 4 is 17.8 Å². The van der Waals surface area contributed by atoms with Crippen molar-refractivity contribution in [3.8, 4) is 11.8 Å². The van der Waals surface area contributed by atoms with E-state index in [1.807, 2.05) is 6.07 Å². The molecule has 0 saturated heterocycles. The van der Waals surface area contributed by atoms with Gasteiger partial charge in [0.05, 0.1) is 17.5 Å². The molecular formula is C10H8ClNO3. The van der Waals surface area contributed by atoms with Crippen LogP contribution in [-0.2, 0) is 4.74 Å². The van der Waals surface area contributed by atoms with Crippen LogP contribution < -0.4 is 4.74 Å². The predicted molar refractivity (Wildman–Crippen MR) is 53.9 cm³/mol. The first-order valence-electron chi connectivity index (χ1n) is 4.17. The minimum atomic E-state index is -0.805. The maximum Gasteiger partial charge on any atom is 0.513 e. The first kappa shape index (κ1) is 11.3. The molecular weight excluding hydrogens is 218 g/mol. The van der Waals surface area contributed by atoms with Crippen molar-refractivity contribution in [1.82, 2.24) is 0 Å². The highest BCUT2D eigenvalue weighted by Gasteiger charge is 2.04. The Kier molecular flexibility index (Phi) is 4.45. The first-order valence-corrected chi connectivity index (χ1v) is 4.70. The fourth-order valence-corrected chi connectivity index (χ4v) is 0.922. The summed E-state index contributed by atoms with van der Waals surface area (Å²) in [5.74, 6) is 0.552. The molecule has 0 bridgehead atoms. The zero-order valence-electron chi connectivity index (χ0n) is 7.77. The van der Waals surface area contributed by atoms with E-state index in [2.05, 4.69) is 4.74 Å². The van der Waals surface area contributed by atoms with Gasteiger partial charge in [-0.15, -0.1) is 11.6 Å². The summed E-state index contributed by atoms with van der Waals surface area (Å²) in [4.78, 5) is 11.0. The zero-order chi connectivity index (χ0) is 11.1. The van der Waals surface area contributed by atoms with Crippen LogP contribution in [0.15, 0.2) is 24.3 Å². The highest BCUT2D eigenvalue weighted by atomic mass is 35.5. The van der Waals surface area contributed by atoms with Crippen LogP contribution in [0.3, 0.4) is 0 Å². The summed E-state index contributed by atoms with van der Waals surface area (Å²) in [6, 6.07) is 8.07. The van der Waals surface area contributed by atoms with Gasteiger partial charge in [-0.3, -0.25) is 0 Å². The largest absolute Gasteiger partial charge is 0.513 e. The number of hydrogen-bond acceptors (Lipinski definition) is 4. The molecule has 1 rings (SSSR count). The molecule has 0 aliphatic heterocycles. The molecule has 78 valence electrons. The normalized spacial score (nSPS) is 9.07. The Bertz CT molecular complexity index is 369. The quantitative estimate of drug-likeness (QED) is 0.450. The van der Waals surface area contributed by atoms with Crippen molar-refractivity contribution in [2.45, 2.75) is 0 Å². The number of benzene rings is 1. The standard InChI is InChI=1S/C10H8ClNO3/c11-5-6-14-10(13)15-9-3-1-8(7-12)2-4-9/h1-4H,5-6H2. The van der Waals surface area contributed by atoms with Crippen LogP contribution in [0, 0.1) is 11.3 Å². The average molecular weight is 226 g/mol. The highest BCUT2D eigenvalue weighted by molar-refractivity contribution is 6.18. The van der Waals surface area contributed by atoms with E-state index in [4.69, 9.17) is 21.6 Å². The molecule has 0 radical (unpaired) electrons. The highest BCUT2D eigenvalue weighted by Crippen LogP contribution is 2.12. The number of halogens is 1. The van der Waals surface area contributed by atoms with Gasteiger partial charge in [-0.2, -0.15) is 5.26 Å². The Morgan fingerprint density at radius 3 is 2.60 bits per heavy atom. The maximum absolute atomic E-state index is 11.0. The van der Waals surface area contributed by atoms with Crippen molar-refractivity contribution in [2.24, 2.45) is 0 Å². The van der Waals surface area contributed by atoms with Crippen molar-refractivity contribution in [3.05, 3.63) is 29.8 Å². The third-order valence-corrected chi connectivity index (χ3v) is 1.64. The van der Waals surface area contributed by atoms with Crippen LogP contribution in [0.4, 0.5) is 4.79 Å². The van der Waals surface area contributed by atoms with E-state index in [0.717, 1.165) is 0 Å². The predicted octanol–water partition coefficient (Wildman–Crippen LogP) is 2.31. The number of rotatable bonds is 3. The molecule has 1 aromatic rings. The molecule has 0 aromatic heterocycles. The Morgan fingerprint density at radius 2 is 2.07 bits per heavy atom.